The second kappa shape index (κ2) is 16.8. The highest BCUT2D eigenvalue weighted by Crippen LogP contribution is 2.65. The monoisotopic (exact) mass is 981 g/mol. The van der Waals surface area contributed by atoms with E-state index >= 15 is 0 Å². The van der Waals surface area contributed by atoms with Crippen LogP contribution >= 0.6 is 0 Å². The summed E-state index contributed by atoms with van der Waals surface area (Å²) >= 11 is 0. The van der Waals surface area contributed by atoms with Gasteiger partial charge in [0.15, 0.2) is 0 Å². The molecule has 77 heavy (non-hydrogen) atoms. The third kappa shape index (κ3) is 6.14. The summed E-state index contributed by atoms with van der Waals surface area (Å²) in [7, 11) is 0. The Kier molecular flexibility index (Phi) is 9.47. The summed E-state index contributed by atoms with van der Waals surface area (Å²) in [5.41, 5.74) is 23.7. The largest absolute Gasteiger partial charge is 0.457 e. The van der Waals surface area contributed by atoms with Crippen molar-refractivity contribution < 1.29 is 9.47 Å². The molecular weight excluding hydrogens is 935 g/mol. The number of nitrogens with zero attached hydrogens (tertiary/aromatic N) is 1. The van der Waals surface area contributed by atoms with Crippen LogP contribution in [-0.2, 0) is 10.8 Å². The first kappa shape index (κ1) is 43.4. The second-order valence-corrected chi connectivity index (χ2v) is 20.6. The van der Waals surface area contributed by atoms with Gasteiger partial charge in [0.05, 0.1) is 16.5 Å². The molecule has 2 aliphatic heterocycles. The van der Waals surface area contributed by atoms with Gasteiger partial charge in [-0.05, 0) is 133 Å². The first-order chi connectivity index (χ1) is 38.2. The number of hydrogen-bond donors (Lipinski definition) is 0. The fraction of sp³-hybridized carbons (Fsp3) is 0.0270. The minimum atomic E-state index is -0.584. The number of ether oxygens (including phenoxy) is 2. The predicted molar refractivity (Wildman–Crippen MR) is 312 cm³/mol. The molecule has 0 N–H and O–H groups in total. The van der Waals surface area contributed by atoms with E-state index in [1.807, 2.05) is 0 Å². The molecule has 0 unspecified atom stereocenters. The van der Waals surface area contributed by atoms with E-state index in [-0.39, 0.29) is 0 Å². The highest BCUT2D eigenvalue weighted by Gasteiger charge is 2.53. The van der Waals surface area contributed by atoms with Crippen LogP contribution in [0.25, 0.3) is 55.6 Å². The number of para-hydroxylation sites is 5. The maximum Gasteiger partial charge on any atom is 0.132 e. The van der Waals surface area contributed by atoms with Gasteiger partial charge in [-0.3, -0.25) is 0 Å². The summed E-state index contributed by atoms with van der Waals surface area (Å²) < 4.78 is 13.4. The van der Waals surface area contributed by atoms with E-state index in [1.54, 1.807) is 0 Å². The van der Waals surface area contributed by atoms with Gasteiger partial charge in [0.25, 0.3) is 0 Å². The number of fused-ring (bicyclic) bond motifs is 18. The molecule has 2 spiro atoms. The average Bonchev–Trinajstić information content (AvgIpc) is 4.17. The third-order valence-electron chi connectivity index (χ3n) is 16.8. The van der Waals surface area contributed by atoms with Crippen LogP contribution in [0.2, 0.25) is 0 Å². The lowest BCUT2D eigenvalue weighted by Gasteiger charge is -2.39. The van der Waals surface area contributed by atoms with Crippen molar-refractivity contribution in [1.82, 2.24) is 0 Å². The van der Waals surface area contributed by atoms with Crippen LogP contribution in [-0.4, -0.2) is 0 Å². The van der Waals surface area contributed by atoms with E-state index in [0.29, 0.717) is 0 Å². The molecule has 3 heteroatoms. The number of anilines is 3. The summed E-state index contributed by atoms with van der Waals surface area (Å²) in [5, 5.41) is 0. The van der Waals surface area contributed by atoms with Crippen molar-refractivity contribution in [3.05, 3.63) is 330 Å². The van der Waals surface area contributed by atoms with Crippen molar-refractivity contribution in [3.8, 4) is 78.6 Å². The lowest BCUT2D eigenvalue weighted by Crippen LogP contribution is -2.32. The van der Waals surface area contributed by atoms with Crippen molar-refractivity contribution in [1.29, 1.82) is 0 Å². The van der Waals surface area contributed by atoms with Gasteiger partial charge >= 0.3 is 0 Å². The van der Waals surface area contributed by atoms with E-state index in [9.17, 15) is 0 Å². The zero-order chi connectivity index (χ0) is 50.7. The number of benzene rings is 12. The molecule has 0 radical (unpaired) electrons. The molecule has 0 amide bonds. The number of rotatable bonds is 6. The van der Waals surface area contributed by atoms with Gasteiger partial charge in [-0.1, -0.05) is 224 Å². The van der Waals surface area contributed by atoms with Gasteiger partial charge in [0, 0.05) is 39.2 Å². The topological polar surface area (TPSA) is 21.7 Å². The Hall–Kier alpha value is -9.96. The fourth-order valence-electron chi connectivity index (χ4n) is 13.7. The SMILES string of the molecule is c1ccc(-c2cccc(N(c3ccc(-c4ccc5c(c4)C4(c6ccccc6Oc6ccccc64)c4ccccc4-5)cc3)c3ccccc3-c3cccc4c3-c3ccccc3C43c4ccccc4Oc4ccccc43)c2)cc1. The molecule has 2 heterocycles. The molecule has 0 aromatic heterocycles. The lowest BCUT2D eigenvalue weighted by atomic mass is 9.66. The Morgan fingerprint density at radius 1 is 0.234 bits per heavy atom. The summed E-state index contributed by atoms with van der Waals surface area (Å²) in [4.78, 5) is 2.45. The third-order valence-corrected chi connectivity index (χ3v) is 16.8. The van der Waals surface area contributed by atoms with E-state index in [4.69, 9.17) is 9.47 Å². The Labute approximate surface area is 448 Å². The molecule has 0 saturated heterocycles. The maximum atomic E-state index is 6.71. The summed E-state index contributed by atoms with van der Waals surface area (Å²) in [6.07, 6.45) is 0. The molecule has 2 aliphatic carbocycles. The first-order valence-electron chi connectivity index (χ1n) is 26.6. The van der Waals surface area contributed by atoms with Gasteiger partial charge in [-0.25, -0.2) is 0 Å². The zero-order valence-corrected chi connectivity index (χ0v) is 41.9. The van der Waals surface area contributed by atoms with Crippen LogP contribution in [0.4, 0.5) is 17.1 Å². The molecular formula is C74H47NO2. The van der Waals surface area contributed by atoms with Crippen molar-refractivity contribution in [3.63, 3.8) is 0 Å². The van der Waals surface area contributed by atoms with Crippen LogP contribution in [0.1, 0.15) is 44.5 Å². The normalized spacial score (nSPS) is 13.9. The Morgan fingerprint density at radius 3 is 1.29 bits per heavy atom. The van der Waals surface area contributed by atoms with Crippen molar-refractivity contribution in [2.24, 2.45) is 0 Å². The fourth-order valence-corrected chi connectivity index (χ4v) is 13.7. The van der Waals surface area contributed by atoms with Crippen LogP contribution in [0.15, 0.2) is 285 Å². The van der Waals surface area contributed by atoms with E-state index in [2.05, 4.69) is 290 Å². The van der Waals surface area contributed by atoms with Crippen LogP contribution in [0, 0.1) is 0 Å². The summed E-state index contributed by atoms with van der Waals surface area (Å²) in [6, 6.07) is 104. The van der Waals surface area contributed by atoms with Gasteiger partial charge in [0.1, 0.15) is 23.0 Å². The van der Waals surface area contributed by atoms with Gasteiger partial charge in [-0.15, -0.1) is 0 Å². The molecule has 0 bridgehead atoms. The predicted octanol–water partition coefficient (Wildman–Crippen LogP) is 19.1. The van der Waals surface area contributed by atoms with Gasteiger partial charge in [-0.2, -0.15) is 0 Å². The number of hydrogen-bond acceptors (Lipinski definition) is 3. The quantitative estimate of drug-likeness (QED) is 0.166. The molecule has 360 valence electrons. The standard InChI is InChI=1S/C74H47NO2/c1-2-20-48(21-3-1)50-22-18-23-53(46-50)75(52-43-40-49(41-44-52)51-42-45-55-54-24-4-7-28-59(54)74(66(55)47-51)63-32-11-16-38-70(63)77-71-39-17-12-33-64(71)74)67-35-13-6-25-56(67)57-27-19-34-65-72(57)58-26-5-8-29-60(58)73(65)61-30-9-14-36-68(61)76-69-37-15-10-31-62(69)73/h1-47H. The Morgan fingerprint density at radius 2 is 0.649 bits per heavy atom. The van der Waals surface area contributed by atoms with E-state index in [1.165, 1.54) is 55.6 Å². The molecule has 12 aromatic carbocycles. The molecule has 0 atom stereocenters. The Balaban J connectivity index is 0.877. The van der Waals surface area contributed by atoms with Crippen LogP contribution in [0.5, 0.6) is 23.0 Å². The lowest BCUT2D eigenvalue weighted by molar-refractivity contribution is 0.436. The summed E-state index contributed by atoms with van der Waals surface area (Å²) in [6.45, 7) is 0. The molecule has 16 rings (SSSR count). The molecule has 12 aromatic rings. The second-order valence-electron chi connectivity index (χ2n) is 20.6. The minimum absolute atomic E-state index is 0.549. The van der Waals surface area contributed by atoms with Gasteiger partial charge in [0.2, 0.25) is 0 Å². The molecule has 3 nitrogen and oxygen atoms in total. The van der Waals surface area contributed by atoms with Crippen molar-refractivity contribution >= 4 is 17.1 Å². The zero-order valence-electron chi connectivity index (χ0n) is 41.9. The van der Waals surface area contributed by atoms with Crippen LogP contribution < -0.4 is 14.4 Å². The highest BCUT2D eigenvalue weighted by molar-refractivity contribution is 6.01. The first-order valence-corrected chi connectivity index (χ1v) is 26.6. The van der Waals surface area contributed by atoms with E-state index in [0.717, 1.165) is 84.6 Å². The molecule has 4 aliphatic rings. The maximum absolute atomic E-state index is 6.71. The van der Waals surface area contributed by atoms with Gasteiger partial charge < -0.3 is 14.4 Å². The minimum Gasteiger partial charge on any atom is -0.457 e. The highest BCUT2D eigenvalue weighted by atomic mass is 16.5. The van der Waals surface area contributed by atoms with Crippen molar-refractivity contribution in [2.45, 2.75) is 10.8 Å². The molecule has 0 fully saturated rings. The average molecular weight is 982 g/mol. The van der Waals surface area contributed by atoms with Crippen molar-refractivity contribution in [2.75, 3.05) is 4.90 Å². The smallest absolute Gasteiger partial charge is 0.132 e. The van der Waals surface area contributed by atoms with E-state index < -0.39 is 10.8 Å². The van der Waals surface area contributed by atoms with Crippen LogP contribution in [0.3, 0.4) is 0 Å². The molecule has 0 saturated carbocycles. The Bertz CT molecular complexity index is 4270. The summed E-state index contributed by atoms with van der Waals surface area (Å²) in [5.74, 6) is 3.56.